The highest BCUT2D eigenvalue weighted by Gasteiger charge is 2.35. The Bertz CT molecular complexity index is 487. The smallest absolute Gasteiger partial charge is 0.247 e. The van der Waals surface area contributed by atoms with E-state index in [1.54, 1.807) is 0 Å². The molecule has 0 bridgehead atoms. The van der Waals surface area contributed by atoms with Gasteiger partial charge in [0.2, 0.25) is 12.2 Å². The van der Waals surface area contributed by atoms with Crippen LogP contribution in [0.15, 0.2) is 23.2 Å². The van der Waals surface area contributed by atoms with Gasteiger partial charge >= 0.3 is 0 Å². The van der Waals surface area contributed by atoms with Gasteiger partial charge in [-0.05, 0) is 24.8 Å². The molecule has 0 fully saturated rings. The van der Waals surface area contributed by atoms with E-state index in [1.165, 1.54) is 0 Å². The van der Waals surface area contributed by atoms with Crippen LogP contribution in [0.2, 0.25) is 0 Å². The summed E-state index contributed by atoms with van der Waals surface area (Å²) in [6.45, 7) is 10.5. The van der Waals surface area contributed by atoms with Crippen molar-refractivity contribution >= 4 is 5.91 Å². The molecule has 1 heterocycles. The Morgan fingerprint density at radius 2 is 1.91 bits per heavy atom. The molecule has 0 radical (unpaired) electrons. The van der Waals surface area contributed by atoms with Crippen LogP contribution in [0.5, 0.6) is 0 Å². The molecule has 0 aromatic heterocycles. The minimum atomic E-state index is -0.223. The summed E-state index contributed by atoms with van der Waals surface area (Å²) in [5.41, 5.74) is 0.814. The molecule has 2 rings (SSSR count). The Morgan fingerprint density at radius 1 is 1.26 bits per heavy atom. The SMILES string of the molecule is CCCC(CCC)NC(=O)C1=CC2=C(CC1C)OC(C(C)C)O2. The molecule has 0 saturated carbocycles. The third-order valence-electron chi connectivity index (χ3n) is 4.50. The maximum Gasteiger partial charge on any atom is 0.247 e. The number of amides is 1. The van der Waals surface area contributed by atoms with Crippen LogP contribution in [-0.2, 0) is 14.3 Å². The zero-order chi connectivity index (χ0) is 17.0. The van der Waals surface area contributed by atoms with E-state index in [0.717, 1.165) is 49.2 Å². The van der Waals surface area contributed by atoms with Crippen molar-refractivity contribution in [2.75, 3.05) is 0 Å². The molecule has 4 heteroatoms. The van der Waals surface area contributed by atoms with Gasteiger partial charge in [-0.25, -0.2) is 0 Å². The second-order valence-electron chi connectivity index (χ2n) is 7.09. The number of rotatable bonds is 7. The lowest BCUT2D eigenvalue weighted by atomic mass is 9.90. The minimum absolute atomic E-state index is 0.0487. The number of hydrogen-bond acceptors (Lipinski definition) is 3. The van der Waals surface area contributed by atoms with Gasteiger partial charge < -0.3 is 14.8 Å². The molecule has 130 valence electrons. The molecule has 23 heavy (non-hydrogen) atoms. The van der Waals surface area contributed by atoms with Crippen LogP contribution in [0.25, 0.3) is 0 Å². The van der Waals surface area contributed by atoms with Crippen LogP contribution < -0.4 is 5.32 Å². The Kier molecular flexibility index (Phi) is 6.14. The first kappa shape index (κ1) is 17.9. The highest BCUT2D eigenvalue weighted by molar-refractivity contribution is 5.94. The van der Waals surface area contributed by atoms with Crippen molar-refractivity contribution in [3.8, 4) is 0 Å². The third-order valence-corrected chi connectivity index (χ3v) is 4.50. The monoisotopic (exact) mass is 321 g/mol. The highest BCUT2D eigenvalue weighted by atomic mass is 16.7. The summed E-state index contributed by atoms with van der Waals surface area (Å²) >= 11 is 0. The Hall–Kier alpha value is -1.45. The molecule has 1 aliphatic carbocycles. The normalized spacial score (nSPS) is 23.5. The zero-order valence-electron chi connectivity index (χ0n) is 15.1. The zero-order valence-corrected chi connectivity index (χ0v) is 15.1. The molecular weight excluding hydrogens is 290 g/mol. The van der Waals surface area contributed by atoms with Crippen LogP contribution in [0.4, 0.5) is 0 Å². The van der Waals surface area contributed by atoms with E-state index in [-0.39, 0.29) is 24.2 Å². The fourth-order valence-corrected chi connectivity index (χ4v) is 3.16. The molecule has 0 spiro atoms. The van der Waals surface area contributed by atoms with E-state index in [9.17, 15) is 4.79 Å². The van der Waals surface area contributed by atoms with Crippen LogP contribution in [0, 0.1) is 11.8 Å². The van der Waals surface area contributed by atoms with E-state index in [2.05, 4.69) is 39.9 Å². The number of allylic oxidation sites excluding steroid dienone is 2. The predicted octanol–water partition coefficient (Wildman–Crippen LogP) is 4.28. The number of hydrogen-bond donors (Lipinski definition) is 1. The van der Waals surface area contributed by atoms with E-state index >= 15 is 0 Å². The number of ether oxygens (including phenoxy) is 2. The largest absolute Gasteiger partial charge is 0.455 e. The summed E-state index contributed by atoms with van der Waals surface area (Å²) in [6.07, 6.45) is 6.64. The van der Waals surface area contributed by atoms with Crippen LogP contribution in [0.3, 0.4) is 0 Å². The molecule has 2 aliphatic rings. The quantitative estimate of drug-likeness (QED) is 0.761. The van der Waals surface area contributed by atoms with E-state index in [4.69, 9.17) is 9.47 Å². The lowest BCUT2D eigenvalue weighted by molar-refractivity contribution is -0.118. The molecule has 2 atom stereocenters. The summed E-state index contributed by atoms with van der Waals surface area (Å²) in [5, 5.41) is 3.21. The lowest BCUT2D eigenvalue weighted by Crippen LogP contribution is -2.37. The maximum absolute atomic E-state index is 12.7. The number of carbonyl (C=O) groups excluding carboxylic acids is 1. The predicted molar refractivity (Wildman–Crippen MR) is 91.4 cm³/mol. The van der Waals surface area contributed by atoms with Gasteiger partial charge in [0.15, 0.2) is 5.76 Å². The molecule has 1 N–H and O–H groups in total. The first-order valence-corrected chi connectivity index (χ1v) is 9.05. The topological polar surface area (TPSA) is 47.6 Å². The Labute approximate surface area is 140 Å². The van der Waals surface area contributed by atoms with Gasteiger partial charge in [-0.1, -0.05) is 47.5 Å². The molecule has 4 nitrogen and oxygen atoms in total. The van der Waals surface area contributed by atoms with Gasteiger partial charge in [-0.15, -0.1) is 0 Å². The summed E-state index contributed by atoms with van der Waals surface area (Å²) in [7, 11) is 0. The van der Waals surface area contributed by atoms with Crippen molar-refractivity contribution in [1.29, 1.82) is 0 Å². The summed E-state index contributed by atoms with van der Waals surface area (Å²) < 4.78 is 11.7. The molecule has 0 aromatic carbocycles. The molecule has 1 amide bonds. The van der Waals surface area contributed by atoms with Gasteiger partial charge in [-0.3, -0.25) is 4.79 Å². The second kappa shape index (κ2) is 7.89. The Balaban J connectivity index is 2.06. The minimum Gasteiger partial charge on any atom is -0.455 e. The van der Waals surface area contributed by atoms with E-state index in [1.807, 2.05) is 6.08 Å². The Morgan fingerprint density at radius 3 is 2.48 bits per heavy atom. The van der Waals surface area contributed by atoms with Crippen molar-refractivity contribution in [2.24, 2.45) is 11.8 Å². The van der Waals surface area contributed by atoms with Crippen LogP contribution in [-0.4, -0.2) is 18.2 Å². The van der Waals surface area contributed by atoms with Gasteiger partial charge in [0, 0.05) is 24.0 Å². The fourth-order valence-electron chi connectivity index (χ4n) is 3.16. The van der Waals surface area contributed by atoms with E-state index < -0.39 is 0 Å². The average Bonchev–Trinajstić information content (AvgIpc) is 2.89. The van der Waals surface area contributed by atoms with Gasteiger partial charge in [0.1, 0.15) is 5.76 Å². The molecular formula is C19H31NO3. The first-order valence-electron chi connectivity index (χ1n) is 9.05. The summed E-state index contributed by atoms with van der Waals surface area (Å²) in [4.78, 5) is 12.7. The summed E-state index contributed by atoms with van der Waals surface area (Å²) in [6, 6.07) is 0.269. The average molecular weight is 321 g/mol. The van der Waals surface area contributed by atoms with Gasteiger partial charge in [-0.2, -0.15) is 0 Å². The van der Waals surface area contributed by atoms with Crippen molar-refractivity contribution in [2.45, 2.75) is 79.1 Å². The number of nitrogens with one attached hydrogen (secondary N) is 1. The molecule has 2 unspecified atom stereocenters. The maximum atomic E-state index is 12.7. The lowest BCUT2D eigenvalue weighted by Gasteiger charge is -2.23. The van der Waals surface area contributed by atoms with Gasteiger partial charge in [0.25, 0.3) is 0 Å². The molecule has 0 aromatic rings. The highest BCUT2D eigenvalue weighted by Crippen LogP contribution is 2.37. The second-order valence-corrected chi connectivity index (χ2v) is 7.09. The molecule has 1 aliphatic heterocycles. The van der Waals surface area contributed by atoms with Crippen LogP contribution >= 0.6 is 0 Å². The van der Waals surface area contributed by atoms with Crippen molar-refractivity contribution in [1.82, 2.24) is 5.32 Å². The fraction of sp³-hybridized carbons (Fsp3) is 0.737. The first-order chi connectivity index (χ1) is 11.0. The van der Waals surface area contributed by atoms with Crippen LogP contribution in [0.1, 0.15) is 66.7 Å². The van der Waals surface area contributed by atoms with E-state index in [0.29, 0.717) is 5.92 Å². The summed E-state index contributed by atoms with van der Waals surface area (Å²) in [5.74, 6) is 2.14. The third kappa shape index (κ3) is 4.30. The standard InChI is InChI=1S/C19H31NO3/c1-6-8-14(9-7-2)20-18(21)15-11-17-16(10-13(15)5)22-19(23-17)12(3)4/h11-14,19H,6-10H2,1-5H3,(H,20,21). The number of carbonyl (C=O) groups is 1. The molecule has 0 saturated heterocycles. The van der Waals surface area contributed by atoms with Crippen molar-refractivity contribution in [3.05, 3.63) is 23.2 Å². The van der Waals surface area contributed by atoms with Gasteiger partial charge in [0.05, 0.1) is 0 Å². The van der Waals surface area contributed by atoms with Crippen molar-refractivity contribution < 1.29 is 14.3 Å². The van der Waals surface area contributed by atoms with Crippen molar-refractivity contribution in [3.63, 3.8) is 0 Å².